The summed E-state index contributed by atoms with van der Waals surface area (Å²) in [6.45, 7) is 4.16. The van der Waals surface area contributed by atoms with Crippen LogP contribution >= 0.6 is 0 Å². The van der Waals surface area contributed by atoms with E-state index in [1.807, 2.05) is 49.4 Å². The van der Waals surface area contributed by atoms with Crippen molar-refractivity contribution in [3.8, 4) is 16.8 Å². The molecule has 7 heteroatoms. The van der Waals surface area contributed by atoms with Crippen LogP contribution in [-0.2, 0) is 6.42 Å². The second kappa shape index (κ2) is 11.7. The van der Waals surface area contributed by atoms with E-state index in [4.69, 9.17) is 4.98 Å². The van der Waals surface area contributed by atoms with Crippen molar-refractivity contribution < 1.29 is 14.7 Å². The molecule has 0 radical (unpaired) electrons. The minimum atomic E-state index is -0.946. The van der Waals surface area contributed by atoms with Gasteiger partial charge in [0, 0.05) is 18.2 Å². The van der Waals surface area contributed by atoms with E-state index in [1.54, 1.807) is 12.1 Å². The van der Waals surface area contributed by atoms with Gasteiger partial charge in [0.15, 0.2) is 0 Å². The van der Waals surface area contributed by atoms with Gasteiger partial charge in [0.05, 0.1) is 22.3 Å². The van der Waals surface area contributed by atoms with E-state index >= 15 is 0 Å². The average Bonchev–Trinajstić information content (AvgIpc) is 3.31. The van der Waals surface area contributed by atoms with Crippen molar-refractivity contribution in [2.75, 3.05) is 5.32 Å². The van der Waals surface area contributed by atoms with Gasteiger partial charge in [-0.2, -0.15) is 0 Å². The molecule has 3 N–H and O–H groups in total. The highest BCUT2D eigenvalue weighted by atomic mass is 16.4. The fourth-order valence-corrected chi connectivity index (χ4v) is 5.64. The molecule has 0 bridgehead atoms. The zero-order valence-electron chi connectivity index (χ0n) is 22.7. The number of hydrogen-bond acceptors (Lipinski definition) is 3. The van der Waals surface area contributed by atoms with Crippen LogP contribution in [0.1, 0.15) is 73.6 Å². The zero-order chi connectivity index (χ0) is 27.4. The number of urea groups is 1. The summed E-state index contributed by atoms with van der Waals surface area (Å²) in [5, 5.41) is 16.0. The first-order valence-corrected chi connectivity index (χ1v) is 14.0. The zero-order valence-corrected chi connectivity index (χ0v) is 22.7. The summed E-state index contributed by atoms with van der Waals surface area (Å²) in [5.74, 6) is -0.00868. The Hall–Kier alpha value is -4.13. The summed E-state index contributed by atoms with van der Waals surface area (Å²) in [6.07, 6.45) is 8.43. The van der Waals surface area contributed by atoms with Crippen LogP contribution in [0.25, 0.3) is 27.8 Å². The third kappa shape index (κ3) is 5.67. The maximum atomic E-state index is 13.0. The van der Waals surface area contributed by atoms with E-state index < -0.39 is 5.97 Å². The van der Waals surface area contributed by atoms with Crippen molar-refractivity contribution in [2.45, 2.75) is 71.3 Å². The predicted octanol–water partition coefficient (Wildman–Crippen LogP) is 7.50. The summed E-state index contributed by atoms with van der Waals surface area (Å²) in [5.41, 5.74) is 6.15. The van der Waals surface area contributed by atoms with Crippen molar-refractivity contribution in [3.05, 3.63) is 77.6 Å². The molecule has 4 aromatic rings. The molecule has 0 unspecified atom stereocenters. The first-order chi connectivity index (χ1) is 19.0. The summed E-state index contributed by atoms with van der Waals surface area (Å²) in [6, 6.07) is 19.0. The lowest BCUT2D eigenvalue weighted by molar-refractivity contribution is 0.0697. The van der Waals surface area contributed by atoms with Gasteiger partial charge in [-0.1, -0.05) is 62.9 Å². The van der Waals surface area contributed by atoms with Crippen molar-refractivity contribution in [1.82, 2.24) is 14.9 Å². The SMILES string of the molecule is CCCCc1nc2cccc(NC(=O)NC3CCCCC3)c2n1-c1ccc(-c2ccccc2C(=O)O)c(C)c1. The summed E-state index contributed by atoms with van der Waals surface area (Å²) in [7, 11) is 0. The molecule has 39 heavy (non-hydrogen) atoms. The molecule has 0 saturated heterocycles. The van der Waals surface area contributed by atoms with Gasteiger partial charge < -0.3 is 15.7 Å². The van der Waals surface area contributed by atoms with Gasteiger partial charge in [-0.25, -0.2) is 14.6 Å². The van der Waals surface area contributed by atoms with E-state index in [0.717, 1.165) is 78.6 Å². The van der Waals surface area contributed by atoms with E-state index in [2.05, 4.69) is 28.2 Å². The number of para-hydroxylation sites is 1. The highest BCUT2D eigenvalue weighted by molar-refractivity contribution is 6.00. The molecule has 1 aromatic heterocycles. The molecule has 1 fully saturated rings. The normalized spacial score (nSPS) is 13.9. The Morgan fingerprint density at radius 2 is 1.79 bits per heavy atom. The van der Waals surface area contributed by atoms with Crippen molar-refractivity contribution >= 4 is 28.7 Å². The Kier molecular flexibility index (Phi) is 7.96. The first-order valence-electron chi connectivity index (χ1n) is 14.0. The number of rotatable bonds is 8. The van der Waals surface area contributed by atoms with Crippen LogP contribution in [-0.4, -0.2) is 32.7 Å². The molecule has 1 aliphatic carbocycles. The lowest BCUT2D eigenvalue weighted by Crippen LogP contribution is -2.39. The lowest BCUT2D eigenvalue weighted by atomic mass is 9.95. The van der Waals surface area contributed by atoms with Gasteiger partial charge in [-0.3, -0.25) is 4.57 Å². The summed E-state index contributed by atoms with van der Waals surface area (Å²) < 4.78 is 2.14. The lowest BCUT2D eigenvalue weighted by Gasteiger charge is -2.23. The molecule has 1 aliphatic rings. The van der Waals surface area contributed by atoms with Gasteiger partial charge in [0.25, 0.3) is 0 Å². The molecule has 5 rings (SSSR count). The number of benzene rings is 3. The molecular formula is C32H36N4O3. The van der Waals surface area contributed by atoms with Crippen LogP contribution in [0.15, 0.2) is 60.7 Å². The smallest absolute Gasteiger partial charge is 0.336 e. The van der Waals surface area contributed by atoms with Crippen LogP contribution in [0.3, 0.4) is 0 Å². The molecule has 3 aromatic carbocycles. The minimum Gasteiger partial charge on any atom is -0.478 e. The Labute approximate surface area is 229 Å². The van der Waals surface area contributed by atoms with Gasteiger partial charge in [0.1, 0.15) is 5.82 Å². The number of nitrogens with one attached hydrogen (secondary N) is 2. The number of hydrogen-bond donors (Lipinski definition) is 3. The van der Waals surface area contributed by atoms with Crippen molar-refractivity contribution in [1.29, 1.82) is 0 Å². The maximum Gasteiger partial charge on any atom is 0.336 e. The second-order valence-electron chi connectivity index (χ2n) is 10.4. The quantitative estimate of drug-likeness (QED) is 0.222. The highest BCUT2D eigenvalue weighted by Crippen LogP contribution is 2.33. The van der Waals surface area contributed by atoms with Crippen molar-refractivity contribution in [3.63, 3.8) is 0 Å². The van der Waals surface area contributed by atoms with E-state index in [0.29, 0.717) is 11.3 Å². The molecule has 1 saturated carbocycles. The largest absolute Gasteiger partial charge is 0.478 e. The molecule has 202 valence electrons. The number of aromatic carboxylic acids is 1. The third-order valence-corrected chi connectivity index (χ3v) is 7.60. The monoisotopic (exact) mass is 524 g/mol. The predicted molar refractivity (Wildman–Crippen MR) is 156 cm³/mol. The molecule has 0 spiro atoms. The van der Waals surface area contributed by atoms with E-state index in [1.165, 1.54) is 6.42 Å². The number of carboxylic acids is 1. The maximum absolute atomic E-state index is 13.0. The Morgan fingerprint density at radius 1 is 1.00 bits per heavy atom. The number of imidazole rings is 1. The number of aromatic nitrogens is 2. The molecule has 0 aliphatic heterocycles. The number of anilines is 1. The standard InChI is InChI=1S/C32H36N4O3/c1-3-4-17-29-34-27-15-10-16-28(35-32(39)33-22-11-6-5-7-12-22)30(27)36(29)23-18-19-24(21(2)20-23)25-13-8-9-14-26(25)31(37)38/h8-10,13-16,18-20,22H,3-7,11-12,17H2,1-2H3,(H,37,38)(H2,33,35,39). The minimum absolute atomic E-state index is 0.186. The molecule has 7 nitrogen and oxygen atoms in total. The van der Waals surface area contributed by atoms with Crippen LogP contribution < -0.4 is 10.6 Å². The molecule has 1 heterocycles. The van der Waals surface area contributed by atoms with Crippen molar-refractivity contribution in [2.24, 2.45) is 0 Å². The second-order valence-corrected chi connectivity index (χ2v) is 10.4. The van der Waals surface area contributed by atoms with Crippen LogP contribution in [0.4, 0.5) is 10.5 Å². The number of carbonyl (C=O) groups is 2. The molecule has 2 amide bonds. The van der Waals surface area contributed by atoms with Gasteiger partial charge in [0.2, 0.25) is 0 Å². The fraction of sp³-hybridized carbons (Fsp3) is 0.344. The highest BCUT2D eigenvalue weighted by Gasteiger charge is 2.20. The van der Waals surface area contributed by atoms with Crippen LogP contribution in [0.2, 0.25) is 0 Å². The number of carbonyl (C=O) groups excluding carboxylic acids is 1. The molecular weight excluding hydrogens is 488 g/mol. The van der Waals surface area contributed by atoms with Gasteiger partial charge >= 0.3 is 12.0 Å². The molecule has 0 atom stereocenters. The van der Waals surface area contributed by atoms with E-state index in [-0.39, 0.29) is 17.6 Å². The topological polar surface area (TPSA) is 96.3 Å². The van der Waals surface area contributed by atoms with Gasteiger partial charge in [-0.05, 0) is 73.2 Å². The number of carboxylic acid groups (broad SMARTS) is 1. The third-order valence-electron chi connectivity index (χ3n) is 7.60. The Balaban J connectivity index is 1.56. The Morgan fingerprint density at radius 3 is 2.54 bits per heavy atom. The van der Waals surface area contributed by atoms with Gasteiger partial charge in [-0.15, -0.1) is 0 Å². The average molecular weight is 525 g/mol. The number of nitrogens with zero attached hydrogens (tertiary/aromatic N) is 2. The summed E-state index contributed by atoms with van der Waals surface area (Å²) >= 11 is 0. The van der Waals surface area contributed by atoms with E-state index in [9.17, 15) is 14.7 Å². The fourth-order valence-electron chi connectivity index (χ4n) is 5.64. The number of fused-ring (bicyclic) bond motifs is 1. The summed E-state index contributed by atoms with van der Waals surface area (Å²) in [4.78, 5) is 29.8. The number of amides is 2. The first kappa shape index (κ1) is 26.5. The van der Waals surface area contributed by atoms with Crippen LogP contribution in [0.5, 0.6) is 0 Å². The number of unbranched alkanes of at least 4 members (excludes halogenated alkanes) is 1. The number of aryl methyl sites for hydroxylation is 2. The van der Waals surface area contributed by atoms with Crippen LogP contribution in [0, 0.1) is 6.92 Å². The Bertz CT molecular complexity index is 1500.